The van der Waals surface area contributed by atoms with Crippen LogP contribution in [0.25, 0.3) is 0 Å². The molecule has 1 aromatic rings. The molecule has 1 aromatic heterocycles. The number of carboxylic acid groups (broad SMARTS) is 1. The van der Waals surface area contributed by atoms with E-state index in [1.54, 1.807) is 6.07 Å². The third-order valence-corrected chi connectivity index (χ3v) is 4.10. The minimum Gasteiger partial charge on any atom is -0.475 e. The summed E-state index contributed by atoms with van der Waals surface area (Å²) in [6, 6.07) is 3.25. The Balaban J connectivity index is 1.93. The largest absolute Gasteiger partial charge is 0.475 e. The van der Waals surface area contributed by atoms with E-state index < -0.39 is 5.97 Å². The molecule has 0 saturated heterocycles. The molecular formula is C14H22N2O3. The van der Waals surface area contributed by atoms with Crippen LogP contribution in [0.2, 0.25) is 0 Å². The summed E-state index contributed by atoms with van der Waals surface area (Å²) in [5.41, 5.74) is 0.275. The summed E-state index contributed by atoms with van der Waals surface area (Å²) in [6.45, 7) is 1.62. The molecule has 5 heteroatoms. The van der Waals surface area contributed by atoms with Crippen molar-refractivity contribution in [2.45, 2.75) is 31.3 Å². The maximum absolute atomic E-state index is 10.8. The zero-order valence-electron chi connectivity index (χ0n) is 11.8. The highest BCUT2D eigenvalue weighted by molar-refractivity contribution is 5.84. The van der Waals surface area contributed by atoms with Crippen molar-refractivity contribution < 1.29 is 14.3 Å². The molecule has 0 amide bonds. The number of carbonyl (C=O) groups is 1. The van der Waals surface area contributed by atoms with Crippen molar-refractivity contribution in [1.29, 1.82) is 0 Å². The average Bonchev–Trinajstić information content (AvgIpc) is 2.71. The first-order chi connectivity index (χ1) is 8.93. The van der Waals surface area contributed by atoms with Crippen LogP contribution in [0.1, 0.15) is 35.6 Å². The van der Waals surface area contributed by atoms with Gasteiger partial charge in [-0.1, -0.05) is 0 Å². The maximum Gasteiger partial charge on any atom is 0.371 e. The molecule has 1 aliphatic rings. The van der Waals surface area contributed by atoms with Crippen LogP contribution in [-0.4, -0.2) is 54.1 Å². The van der Waals surface area contributed by atoms with E-state index in [0.717, 1.165) is 6.54 Å². The third-order valence-electron chi connectivity index (χ3n) is 4.10. The van der Waals surface area contributed by atoms with Crippen molar-refractivity contribution in [1.82, 2.24) is 9.80 Å². The summed E-state index contributed by atoms with van der Waals surface area (Å²) in [5.74, 6) is -0.305. The van der Waals surface area contributed by atoms with Gasteiger partial charge in [0, 0.05) is 12.1 Å². The van der Waals surface area contributed by atoms with Crippen molar-refractivity contribution >= 4 is 5.97 Å². The first-order valence-corrected chi connectivity index (χ1v) is 6.61. The topological polar surface area (TPSA) is 56.9 Å². The fourth-order valence-electron chi connectivity index (χ4n) is 2.73. The van der Waals surface area contributed by atoms with E-state index in [1.165, 1.54) is 25.3 Å². The highest BCUT2D eigenvalue weighted by Crippen LogP contribution is 2.36. The minimum atomic E-state index is -1.02. The van der Waals surface area contributed by atoms with Gasteiger partial charge in [0.05, 0.1) is 6.54 Å². The van der Waals surface area contributed by atoms with Crippen LogP contribution < -0.4 is 0 Å². The average molecular weight is 266 g/mol. The lowest BCUT2D eigenvalue weighted by atomic mass is 9.75. The third kappa shape index (κ3) is 2.98. The number of aromatic carboxylic acids is 1. The van der Waals surface area contributed by atoms with E-state index in [0.29, 0.717) is 12.3 Å². The van der Waals surface area contributed by atoms with Gasteiger partial charge in [0.1, 0.15) is 5.76 Å². The Morgan fingerprint density at radius 3 is 2.47 bits per heavy atom. The van der Waals surface area contributed by atoms with Crippen molar-refractivity contribution in [2.75, 3.05) is 27.7 Å². The van der Waals surface area contributed by atoms with Gasteiger partial charge in [0.2, 0.25) is 5.76 Å². The Morgan fingerprint density at radius 1 is 1.37 bits per heavy atom. The smallest absolute Gasteiger partial charge is 0.371 e. The van der Waals surface area contributed by atoms with Crippen molar-refractivity contribution in [3.8, 4) is 0 Å². The number of likely N-dealkylation sites (N-methyl/N-ethyl adjacent to an activating group) is 2. The lowest BCUT2D eigenvalue weighted by molar-refractivity contribution is 0.0242. The molecule has 1 N–H and O–H groups in total. The number of rotatable bonds is 6. The second-order valence-corrected chi connectivity index (χ2v) is 5.72. The zero-order valence-corrected chi connectivity index (χ0v) is 11.8. The summed E-state index contributed by atoms with van der Waals surface area (Å²) in [4.78, 5) is 15.3. The molecule has 0 bridgehead atoms. The van der Waals surface area contributed by atoms with Crippen LogP contribution in [0.5, 0.6) is 0 Å². The molecule has 0 radical (unpaired) electrons. The number of furan rings is 1. The Hall–Kier alpha value is -1.33. The van der Waals surface area contributed by atoms with Gasteiger partial charge in [0.15, 0.2) is 0 Å². The van der Waals surface area contributed by atoms with Crippen molar-refractivity contribution in [3.05, 3.63) is 23.7 Å². The molecule has 19 heavy (non-hydrogen) atoms. The van der Waals surface area contributed by atoms with E-state index in [1.807, 2.05) is 7.05 Å². The number of hydrogen-bond acceptors (Lipinski definition) is 4. The Bertz CT molecular complexity index is 449. The fraction of sp³-hybridized carbons (Fsp3) is 0.643. The molecule has 0 atom stereocenters. The monoisotopic (exact) mass is 266 g/mol. The van der Waals surface area contributed by atoms with Gasteiger partial charge in [-0.25, -0.2) is 4.79 Å². The Morgan fingerprint density at radius 2 is 2.05 bits per heavy atom. The fourth-order valence-corrected chi connectivity index (χ4v) is 2.73. The van der Waals surface area contributed by atoms with Crippen molar-refractivity contribution in [2.24, 2.45) is 0 Å². The van der Waals surface area contributed by atoms with Crippen LogP contribution in [0.3, 0.4) is 0 Å². The molecule has 1 saturated carbocycles. The molecule has 1 aliphatic carbocycles. The van der Waals surface area contributed by atoms with Gasteiger partial charge in [-0.05, 0) is 52.5 Å². The van der Waals surface area contributed by atoms with E-state index in [9.17, 15) is 4.79 Å². The number of carboxylic acids is 1. The van der Waals surface area contributed by atoms with Gasteiger partial charge in [0.25, 0.3) is 0 Å². The summed E-state index contributed by atoms with van der Waals surface area (Å²) < 4.78 is 5.29. The summed E-state index contributed by atoms with van der Waals surface area (Å²) >= 11 is 0. The van der Waals surface area contributed by atoms with E-state index in [-0.39, 0.29) is 11.3 Å². The van der Waals surface area contributed by atoms with Crippen LogP contribution in [0, 0.1) is 0 Å². The maximum atomic E-state index is 10.8. The van der Waals surface area contributed by atoms with Crippen LogP contribution >= 0.6 is 0 Å². The second-order valence-electron chi connectivity index (χ2n) is 5.72. The molecule has 106 valence electrons. The van der Waals surface area contributed by atoms with E-state index in [4.69, 9.17) is 9.52 Å². The Kier molecular flexibility index (Phi) is 3.96. The van der Waals surface area contributed by atoms with Crippen molar-refractivity contribution in [3.63, 3.8) is 0 Å². The normalized spacial score (nSPS) is 17.7. The summed E-state index contributed by atoms with van der Waals surface area (Å²) in [6.07, 6.45) is 3.74. The standard InChI is InChI=1S/C14H22N2O3/c1-15(2)14(7-4-8-14)10-16(3)9-11-5-6-12(19-11)13(17)18/h5-6H,4,7-10H2,1-3H3,(H,17,18). The molecule has 0 aromatic carbocycles. The molecule has 0 spiro atoms. The highest BCUT2D eigenvalue weighted by atomic mass is 16.4. The molecule has 2 rings (SSSR count). The van der Waals surface area contributed by atoms with Gasteiger partial charge in [-0.2, -0.15) is 0 Å². The predicted octanol–water partition coefficient (Wildman–Crippen LogP) is 1.89. The van der Waals surface area contributed by atoms with Gasteiger partial charge < -0.3 is 14.4 Å². The molecule has 1 heterocycles. The van der Waals surface area contributed by atoms with Gasteiger partial charge >= 0.3 is 5.97 Å². The van der Waals surface area contributed by atoms with E-state index in [2.05, 4.69) is 23.9 Å². The first-order valence-electron chi connectivity index (χ1n) is 6.61. The van der Waals surface area contributed by atoms with Crippen LogP contribution in [0.15, 0.2) is 16.5 Å². The first kappa shape index (κ1) is 14.1. The molecular weight excluding hydrogens is 244 g/mol. The quantitative estimate of drug-likeness (QED) is 0.852. The summed E-state index contributed by atoms with van der Waals surface area (Å²) in [7, 11) is 6.30. The van der Waals surface area contributed by atoms with E-state index >= 15 is 0 Å². The van der Waals surface area contributed by atoms with Gasteiger partial charge in [-0.15, -0.1) is 0 Å². The van der Waals surface area contributed by atoms with Gasteiger partial charge in [-0.3, -0.25) is 4.90 Å². The second kappa shape index (κ2) is 5.35. The number of hydrogen-bond donors (Lipinski definition) is 1. The zero-order chi connectivity index (χ0) is 14.0. The highest BCUT2D eigenvalue weighted by Gasteiger charge is 2.39. The summed E-state index contributed by atoms with van der Waals surface area (Å²) in [5, 5.41) is 8.82. The SMILES string of the molecule is CN(Cc1ccc(C(=O)O)o1)CC1(N(C)C)CCC1. The molecule has 0 aliphatic heterocycles. The van der Waals surface area contributed by atoms with Crippen LogP contribution in [0.4, 0.5) is 0 Å². The lowest BCUT2D eigenvalue weighted by Gasteiger charge is -2.49. The number of nitrogens with zero attached hydrogens (tertiary/aromatic N) is 2. The molecule has 5 nitrogen and oxygen atoms in total. The molecule has 0 unspecified atom stereocenters. The predicted molar refractivity (Wildman–Crippen MR) is 72.3 cm³/mol. The van der Waals surface area contributed by atoms with Crippen LogP contribution in [-0.2, 0) is 6.54 Å². The molecule has 1 fully saturated rings. The lowest BCUT2D eigenvalue weighted by Crippen LogP contribution is -2.56. The minimum absolute atomic E-state index is 0.00867. The Labute approximate surface area is 113 Å².